The van der Waals surface area contributed by atoms with E-state index in [0.29, 0.717) is 21.3 Å². The van der Waals surface area contributed by atoms with Gasteiger partial charge in [-0.3, -0.25) is 14.9 Å². The highest BCUT2D eigenvalue weighted by molar-refractivity contribution is 9.10. The van der Waals surface area contributed by atoms with Gasteiger partial charge in [0.2, 0.25) is 0 Å². The third-order valence-corrected chi connectivity index (χ3v) is 5.41. The highest BCUT2D eigenvalue weighted by atomic mass is 79.9. The summed E-state index contributed by atoms with van der Waals surface area (Å²) in [6.07, 6.45) is 1.50. The first kappa shape index (κ1) is 23.7. The first-order valence-electron chi connectivity index (χ1n) is 10.0. The molecule has 0 aliphatic rings. The smallest absolute Gasteiger partial charge is 0.269 e. The SMILES string of the molecule is C[C@@H](NC(=O)/C(C#N)=C\c1ccc(OCc2cccc([N+](=O)[O-])c2)c(Br)c1)c1ccccc1. The van der Waals surface area contributed by atoms with Crippen molar-refractivity contribution in [2.45, 2.75) is 19.6 Å². The van der Waals surface area contributed by atoms with Gasteiger partial charge in [-0.15, -0.1) is 0 Å². The summed E-state index contributed by atoms with van der Waals surface area (Å²) in [7, 11) is 0. The maximum absolute atomic E-state index is 12.6. The van der Waals surface area contributed by atoms with Gasteiger partial charge in [0.15, 0.2) is 0 Å². The van der Waals surface area contributed by atoms with Crippen LogP contribution in [0.1, 0.15) is 29.7 Å². The number of non-ortho nitro benzene ring substituents is 1. The highest BCUT2D eigenvalue weighted by Crippen LogP contribution is 2.28. The lowest BCUT2D eigenvalue weighted by atomic mass is 10.1. The van der Waals surface area contributed by atoms with Crippen molar-refractivity contribution in [3.63, 3.8) is 0 Å². The van der Waals surface area contributed by atoms with E-state index in [4.69, 9.17) is 4.74 Å². The molecule has 1 atom stereocenters. The number of carbonyl (C=O) groups is 1. The van der Waals surface area contributed by atoms with Crippen molar-refractivity contribution in [2.75, 3.05) is 0 Å². The fourth-order valence-electron chi connectivity index (χ4n) is 3.06. The predicted octanol–water partition coefficient (Wildman–Crippen LogP) is 5.72. The van der Waals surface area contributed by atoms with E-state index in [0.717, 1.165) is 5.56 Å². The highest BCUT2D eigenvalue weighted by Gasteiger charge is 2.14. The number of benzene rings is 3. The Morgan fingerprint density at radius 3 is 2.61 bits per heavy atom. The standard InChI is InChI=1S/C25H20BrN3O4/c1-17(20-7-3-2-4-8-20)28-25(30)21(15-27)12-18-10-11-24(23(26)14-18)33-16-19-6-5-9-22(13-19)29(31)32/h2-14,17H,16H2,1H3,(H,28,30)/b21-12-/t17-/m1/s1. The second-order valence-electron chi connectivity index (χ2n) is 7.18. The number of nitro benzene ring substituents is 1. The van der Waals surface area contributed by atoms with E-state index in [2.05, 4.69) is 21.2 Å². The number of hydrogen-bond donors (Lipinski definition) is 1. The van der Waals surface area contributed by atoms with Gasteiger partial charge in [-0.05, 0) is 57.8 Å². The van der Waals surface area contributed by atoms with Crippen LogP contribution in [0.4, 0.5) is 5.69 Å². The Balaban J connectivity index is 1.68. The second-order valence-corrected chi connectivity index (χ2v) is 8.04. The lowest BCUT2D eigenvalue weighted by Crippen LogP contribution is -2.27. The van der Waals surface area contributed by atoms with Crippen molar-refractivity contribution in [3.05, 3.63) is 110 Å². The Hall–Kier alpha value is -3.96. The van der Waals surface area contributed by atoms with Gasteiger partial charge in [-0.1, -0.05) is 48.5 Å². The van der Waals surface area contributed by atoms with E-state index in [-0.39, 0.29) is 23.9 Å². The van der Waals surface area contributed by atoms with Crippen molar-refractivity contribution < 1.29 is 14.5 Å². The lowest BCUT2D eigenvalue weighted by molar-refractivity contribution is -0.384. The number of carbonyl (C=O) groups excluding carboxylic acids is 1. The molecule has 0 saturated heterocycles. The quantitative estimate of drug-likeness (QED) is 0.182. The van der Waals surface area contributed by atoms with Gasteiger partial charge in [0.05, 0.1) is 15.4 Å². The molecule has 0 aliphatic carbocycles. The van der Waals surface area contributed by atoms with E-state index in [1.54, 1.807) is 30.3 Å². The largest absolute Gasteiger partial charge is 0.488 e. The number of nitrogens with one attached hydrogen (secondary N) is 1. The zero-order valence-electron chi connectivity index (χ0n) is 17.7. The molecule has 0 unspecified atom stereocenters. The number of amides is 1. The molecule has 0 aliphatic heterocycles. The molecule has 3 aromatic carbocycles. The molecule has 0 saturated carbocycles. The number of halogens is 1. The van der Waals surface area contributed by atoms with Crippen molar-refractivity contribution in [1.82, 2.24) is 5.32 Å². The van der Waals surface area contributed by atoms with Crippen LogP contribution in [-0.2, 0) is 11.4 Å². The fraction of sp³-hybridized carbons (Fsp3) is 0.120. The number of nitro groups is 1. The lowest BCUT2D eigenvalue weighted by Gasteiger charge is -2.14. The molecule has 0 heterocycles. The molecule has 3 aromatic rings. The van der Waals surface area contributed by atoms with Gasteiger partial charge >= 0.3 is 0 Å². The summed E-state index contributed by atoms with van der Waals surface area (Å²) in [5, 5.41) is 23.2. The molecule has 166 valence electrons. The van der Waals surface area contributed by atoms with Crippen LogP contribution in [-0.4, -0.2) is 10.8 Å². The van der Waals surface area contributed by atoms with Gasteiger partial charge in [-0.2, -0.15) is 5.26 Å². The summed E-state index contributed by atoms with van der Waals surface area (Å²) in [4.78, 5) is 23.0. The molecule has 33 heavy (non-hydrogen) atoms. The first-order valence-corrected chi connectivity index (χ1v) is 10.8. The normalized spacial score (nSPS) is 11.8. The minimum Gasteiger partial charge on any atom is -0.488 e. The Morgan fingerprint density at radius 1 is 1.18 bits per heavy atom. The molecule has 3 rings (SSSR count). The van der Waals surface area contributed by atoms with Crippen molar-refractivity contribution >= 4 is 33.6 Å². The summed E-state index contributed by atoms with van der Waals surface area (Å²) in [5.74, 6) is 0.0651. The third kappa shape index (κ3) is 6.51. The molecule has 0 aromatic heterocycles. The molecule has 0 bridgehead atoms. The van der Waals surface area contributed by atoms with Crippen molar-refractivity contribution in [1.29, 1.82) is 5.26 Å². The molecular weight excluding hydrogens is 486 g/mol. The van der Waals surface area contributed by atoms with Gasteiger partial charge in [-0.25, -0.2) is 0 Å². The van der Waals surface area contributed by atoms with E-state index in [1.807, 2.05) is 43.3 Å². The number of ether oxygens (including phenoxy) is 1. The minimum atomic E-state index is -0.462. The van der Waals surface area contributed by atoms with Gasteiger partial charge in [0, 0.05) is 12.1 Å². The second kappa shape index (κ2) is 11.1. The molecule has 1 amide bonds. The van der Waals surface area contributed by atoms with E-state index in [9.17, 15) is 20.2 Å². The van der Waals surface area contributed by atoms with E-state index in [1.165, 1.54) is 18.2 Å². The molecular formula is C25H20BrN3O4. The van der Waals surface area contributed by atoms with Gasteiger partial charge in [0.1, 0.15) is 24.0 Å². The van der Waals surface area contributed by atoms with Crippen LogP contribution < -0.4 is 10.1 Å². The van der Waals surface area contributed by atoms with Crippen LogP contribution in [0.3, 0.4) is 0 Å². The number of rotatable bonds is 8. The Kier molecular flexibility index (Phi) is 7.95. The van der Waals surface area contributed by atoms with Crippen molar-refractivity contribution in [2.24, 2.45) is 0 Å². The molecule has 1 N–H and O–H groups in total. The maximum atomic E-state index is 12.6. The van der Waals surface area contributed by atoms with Crippen molar-refractivity contribution in [3.8, 4) is 11.8 Å². The van der Waals surface area contributed by atoms with Crippen LogP contribution in [0.15, 0.2) is 82.8 Å². The molecule has 0 radical (unpaired) electrons. The minimum absolute atomic E-state index is 0.000423. The van der Waals surface area contributed by atoms with Crippen LogP contribution in [0.2, 0.25) is 0 Å². The van der Waals surface area contributed by atoms with Crippen LogP contribution in [0.5, 0.6) is 5.75 Å². The molecule has 0 spiro atoms. The van der Waals surface area contributed by atoms with E-state index >= 15 is 0 Å². The average Bonchev–Trinajstić information content (AvgIpc) is 2.82. The Labute approximate surface area is 199 Å². The Bertz CT molecular complexity index is 1240. The van der Waals surface area contributed by atoms with E-state index < -0.39 is 10.8 Å². The Morgan fingerprint density at radius 2 is 1.94 bits per heavy atom. The molecule has 8 heteroatoms. The van der Waals surface area contributed by atoms with Crippen LogP contribution in [0.25, 0.3) is 6.08 Å². The number of nitriles is 1. The first-order chi connectivity index (χ1) is 15.9. The zero-order valence-corrected chi connectivity index (χ0v) is 19.3. The topological polar surface area (TPSA) is 105 Å². The maximum Gasteiger partial charge on any atom is 0.269 e. The summed E-state index contributed by atoms with van der Waals surface area (Å²) in [6.45, 7) is 2.00. The zero-order chi connectivity index (χ0) is 23.8. The third-order valence-electron chi connectivity index (χ3n) is 4.79. The fourth-order valence-corrected chi connectivity index (χ4v) is 3.57. The summed E-state index contributed by atoms with van der Waals surface area (Å²) in [6, 6.07) is 22.6. The predicted molar refractivity (Wildman–Crippen MR) is 128 cm³/mol. The average molecular weight is 506 g/mol. The number of nitrogens with zero attached hydrogens (tertiary/aromatic N) is 2. The summed E-state index contributed by atoms with van der Waals surface area (Å²) >= 11 is 3.43. The summed E-state index contributed by atoms with van der Waals surface area (Å²) in [5.41, 5.74) is 2.23. The van der Waals surface area contributed by atoms with Crippen LogP contribution in [0, 0.1) is 21.4 Å². The number of hydrogen-bond acceptors (Lipinski definition) is 5. The van der Waals surface area contributed by atoms with Gasteiger partial charge < -0.3 is 10.1 Å². The van der Waals surface area contributed by atoms with Crippen LogP contribution >= 0.6 is 15.9 Å². The monoisotopic (exact) mass is 505 g/mol. The molecule has 7 nitrogen and oxygen atoms in total. The summed E-state index contributed by atoms with van der Waals surface area (Å²) < 4.78 is 6.38. The van der Waals surface area contributed by atoms with Gasteiger partial charge in [0.25, 0.3) is 11.6 Å². The molecule has 0 fully saturated rings.